The van der Waals surface area contributed by atoms with Crippen LogP contribution in [0.3, 0.4) is 0 Å². The molecule has 116 valence electrons. The van der Waals surface area contributed by atoms with E-state index in [0.29, 0.717) is 17.5 Å². The molecule has 0 radical (unpaired) electrons. The molecule has 0 aliphatic carbocycles. The first-order valence-electron chi connectivity index (χ1n) is 7.71. The number of nitrogens with one attached hydrogen (secondary N) is 1. The Kier molecular flexibility index (Phi) is 5.76. The highest BCUT2D eigenvalue weighted by atomic mass is 16.5. The molecule has 0 unspecified atom stereocenters. The van der Waals surface area contributed by atoms with Gasteiger partial charge in [0.25, 0.3) is 0 Å². The number of methoxy groups -OCH3 is 1. The molecule has 2 rings (SSSR count). The lowest BCUT2D eigenvalue weighted by Gasteiger charge is -2.34. The lowest BCUT2D eigenvalue weighted by Crippen LogP contribution is -2.50. The highest BCUT2D eigenvalue weighted by molar-refractivity contribution is 5.89. The van der Waals surface area contributed by atoms with E-state index in [0.717, 1.165) is 26.2 Å². The molecule has 1 atom stereocenters. The normalized spacial score (nSPS) is 19.7. The molecule has 1 aliphatic heterocycles. The van der Waals surface area contributed by atoms with Gasteiger partial charge in [-0.05, 0) is 30.0 Å². The summed E-state index contributed by atoms with van der Waals surface area (Å²) in [5.74, 6) is 0.444. The van der Waals surface area contributed by atoms with E-state index >= 15 is 0 Å². The van der Waals surface area contributed by atoms with Crippen molar-refractivity contribution >= 4 is 5.97 Å². The molecular weight excluding hydrogens is 264 g/mol. The Morgan fingerprint density at radius 3 is 3.00 bits per heavy atom. The minimum absolute atomic E-state index is 0.269. The summed E-state index contributed by atoms with van der Waals surface area (Å²) in [6, 6.07) is 8.31. The first-order valence-corrected chi connectivity index (χ1v) is 7.71. The number of carbonyl (C=O) groups excluding carboxylic acids is 1. The zero-order valence-corrected chi connectivity index (χ0v) is 13.3. The minimum Gasteiger partial charge on any atom is -0.465 e. The fraction of sp³-hybridized carbons (Fsp3) is 0.588. The third-order valence-electron chi connectivity index (χ3n) is 3.85. The molecule has 1 heterocycles. The van der Waals surface area contributed by atoms with Gasteiger partial charge >= 0.3 is 5.97 Å². The quantitative estimate of drug-likeness (QED) is 0.845. The number of benzene rings is 1. The Bertz CT molecular complexity index is 474. The van der Waals surface area contributed by atoms with Gasteiger partial charge < -0.3 is 10.1 Å². The molecule has 0 saturated carbocycles. The van der Waals surface area contributed by atoms with Gasteiger partial charge in [0.05, 0.1) is 12.7 Å². The summed E-state index contributed by atoms with van der Waals surface area (Å²) in [5.41, 5.74) is 1.80. The largest absolute Gasteiger partial charge is 0.465 e. The van der Waals surface area contributed by atoms with Crippen molar-refractivity contribution in [1.82, 2.24) is 10.2 Å². The van der Waals surface area contributed by atoms with Gasteiger partial charge in [-0.15, -0.1) is 0 Å². The van der Waals surface area contributed by atoms with Crippen molar-refractivity contribution in [2.24, 2.45) is 5.92 Å². The third-order valence-corrected chi connectivity index (χ3v) is 3.85. The Hall–Kier alpha value is -1.39. The van der Waals surface area contributed by atoms with Crippen LogP contribution in [0.1, 0.15) is 36.2 Å². The third kappa shape index (κ3) is 4.83. The first kappa shape index (κ1) is 16.0. The van der Waals surface area contributed by atoms with Gasteiger partial charge in [0.2, 0.25) is 0 Å². The van der Waals surface area contributed by atoms with Gasteiger partial charge in [-0.3, -0.25) is 4.90 Å². The Morgan fingerprint density at radius 2 is 2.29 bits per heavy atom. The van der Waals surface area contributed by atoms with Crippen LogP contribution in [0.2, 0.25) is 0 Å². The molecule has 0 amide bonds. The van der Waals surface area contributed by atoms with Crippen molar-refractivity contribution < 1.29 is 9.53 Å². The maximum atomic E-state index is 11.6. The molecule has 0 spiro atoms. The molecule has 4 nitrogen and oxygen atoms in total. The minimum atomic E-state index is -0.269. The monoisotopic (exact) mass is 290 g/mol. The number of hydrogen-bond donors (Lipinski definition) is 1. The van der Waals surface area contributed by atoms with E-state index in [2.05, 4.69) is 30.1 Å². The van der Waals surface area contributed by atoms with E-state index in [1.807, 2.05) is 12.1 Å². The number of piperazine rings is 1. The van der Waals surface area contributed by atoms with Crippen LogP contribution in [-0.2, 0) is 11.3 Å². The molecule has 1 N–H and O–H groups in total. The van der Waals surface area contributed by atoms with Crippen molar-refractivity contribution in [3.05, 3.63) is 35.4 Å². The molecule has 1 fully saturated rings. The summed E-state index contributed by atoms with van der Waals surface area (Å²) < 4.78 is 4.78. The summed E-state index contributed by atoms with van der Waals surface area (Å²) in [4.78, 5) is 14.0. The van der Waals surface area contributed by atoms with Crippen LogP contribution in [0.4, 0.5) is 0 Å². The van der Waals surface area contributed by atoms with E-state index < -0.39 is 0 Å². The summed E-state index contributed by atoms with van der Waals surface area (Å²) in [5, 5.41) is 3.59. The van der Waals surface area contributed by atoms with Crippen molar-refractivity contribution in [2.45, 2.75) is 32.9 Å². The zero-order chi connectivity index (χ0) is 15.2. The van der Waals surface area contributed by atoms with Crippen molar-refractivity contribution in [3.63, 3.8) is 0 Å². The van der Waals surface area contributed by atoms with Gasteiger partial charge in [-0.1, -0.05) is 26.0 Å². The van der Waals surface area contributed by atoms with Gasteiger partial charge in [0.1, 0.15) is 0 Å². The predicted molar refractivity (Wildman–Crippen MR) is 84.3 cm³/mol. The van der Waals surface area contributed by atoms with Gasteiger partial charge in [0.15, 0.2) is 0 Å². The molecule has 1 aromatic carbocycles. The SMILES string of the molecule is COC(=O)c1cccc(CN2CCN[C@@H](CC(C)C)C2)c1. The number of nitrogens with zero attached hydrogens (tertiary/aromatic N) is 1. The van der Waals surface area contributed by atoms with E-state index in [1.54, 1.807) is 6.07 Å². The number of ether oxygens (including phenoxy) is 1. The average Bonchev–Trinajstić information content (AvgIpc) is 2.46. The fourth-order valence-corrected chi connectivity index (χ4v) is 2.94. The second-order valence-electron chi connectivity index (χ2n) is 6.21. The molecule has 4 heteroatoms. The lowest BCUT2D eigenvalue weighted by atomic mass is 10.0. The molecule has 1 aliphatic rings. The van der Waals surface area contributed by atoms with Crippen LogP contribution in [-0.4, -0.2) is 43.7 Å². The smallest absolute Gasteiger partial charge is 0.337 e. The molecule has 1 aromatic rings. The van der Waals surface area contributed by atoms with Crippen molar-refractivity contribution in [2.75, 3.05) is 26.7 Å². The number of hydrogen-bond acceptors (Lipinski definition) is 4. The lowest BCUT2D eigenvalue weighted by molar-refractivity contribution is 0.0600. The van der Waals surface area contributed by atoms with E-state index in [4.69, 9.17) is 4.74 Å². The van der Waals surface area contributed by atoms with E-state index in [1.165, 1.54) is 19.1 Å². The van der Waals surface area contributed by atoms with E-state index in [9.17, 15) is 4.79 Å². The van der Waals surface area contributed by atoms with Crippen LogP contribution in [0, 0.1) is 5.92 Å². The summed E-state index contributed by atoms with van der Waals surface area (Å²) in [6.45, 7) is 8.58. The molecule has 21 heavy (non-hydrogen) atoms. The first-order chi connectivity index (χ1) is 10.1. The molecule has 0 bridgehead atoms. The summed E-state index contributed by atoms with van der Waals surface area (Å²) >= 11 is 0. The maximum Gasteiger partial charge on any atom is 0.337 e. The molecular formula is C17H26N2O2. The van der Waals surface area contributed by atoms with Crippen molar-refractivity contribution in [1.29, 1.82) is 0 Å². The van der Waals surface area contributed by atoms with Crippen molar-refractivity contribution in [3.8, 4) is 0 Å². The molecule has 0 aromatic heterocycles. The Balaban J connectivity index is 1.96. The fourth-order valence-electron chi connectivity index (χ4n) is 2.94. The highest BCUT2D eigenvalue weighted by Crippen LogP contribution is 2.14. The number of esters is 1. The van der Waals surface area contributed by atoms with Gasteiger partial charge in [-0.2, -0.15) is 0 Å². The van der Waals surface area contributed by atoms with Crippen LogP contribution < -0.4 is 5.32 Å². The topological polar surface area (TPSA) is 41.6 Å². The van der Waals surface area contributed by atoms with Crippen LogP contribution in [0.25, 0.3) is 0 Å². The van der Waals surface area contributed by atoms with Crippen LogP contribution in [0.15, 0.2) is 24.3 Å². The predicted octanol–water partition coefficient (Wildman–Crippen LogP) is 2.29. The van der Waals surface area contributed by atoms with E-state index in [-0.39, 0.29) is 5.97 Å². The number of rotatable bonds is 5. The highest BCUT2D eigenvalue weighted by Gasteiger charge is 2.20. The van der Waals surface area contributed by atoms with Gasteiger partial charge in [-0.25, -0.2) is 4.79 Å². The zero-order valence-electron chi connectivity index (χ0n) is 13.3. The number of carbonyl (C=O) groups is 1. The standard InChI is InChI=1S/C17H26N2O2/c1-13(2)9-16-12-19(8-7-18-16)11-14-5-4-6-15(10-14)17(20)21-3/h4-6,10,13,16,18H,7-9,11-12H2,1-3H3/t16-/m0/s1. The average molecular weight is 290 g/mol. The Morgan fingerprint density at radius 1 is 1.48 bits per heavy atom. The van der Waals surface area contributed by atoms with Crippen LogP contribution >= 0.6 is 0 Å². The second kappa shape index (κ2) is 7.57. The molecule has 1 saturated heterocycles. The summed E-state index contributed by atoms with van der Waals surface area (Å²) in [7, 11) is 1.42. The maximum absolute atomic E-state index is 11.6. The van der Waals surface area contributed by atoms with Gasteiger partial charge in [0, 0.05) is 32.2 Å². The van der Waals surface area contributed by atoms with Crippen LogP contribution in [0.5, 0.6) is 0 Å². The summed E-state index contributed by atoms with van der Waals surface area (Å²) in [6.07, 6.45) is 1.21. The Labute approximate surface area is 127 Å². The second-order valence-corrected chi connectivity index (χ2v) is 6.21.